The summed E-state index contributed by atoms with van der Waals surface area (Å²) in [6.07, 6.45) is 5.12. The van der Waals surface area contributed by atoms with E-state index in [1.807, 2.05) is 19.9 Å². The number of hydrogen-bond donors (Lipinski definition) is 1. The molecule has 1 aromatic carbocycles. The van der Waals surface area contributed by atoms with E-state index < -0.39 is 0 Å². The zero-order valence-electron chi connectivity index (χ0n) is 11.2. The Hall–Kier alpha value is -1.09. The van der Waals surface area contributed by atoms with Crippen molar-refractivity contribution in [2.75, 3.05) is 0 Å². The van der Waals surface area contributed by atoms with Crippen LogP contribution in [0, 0.1) is 5.82 Å². The molecule has 0 amide bonds. The molecular weight excluding hydrogens is 229 g/mol. The molecular formula is C15H22FNO. The summed E-state index contributed by atoms with van der Waals surface area (Å²) in [5, 5.41) is 3.48. The number of halogens is 1. The summed E-state index contributed by atoms with van der Waals surface area (Å²) < 4.78 is 19.1. The molecule has 0 saturated heterocycles. The molecule has 0 aliphatic heterocycles. The van der Waals surface area contributed by atoms with Gasteiger partial charge in [-0.05, 0) is 44.4 Å². The number of nitrogens with one attached hydrogen (secondary N) is 1. The van der Waals surface area contributed by atoms with Crippen LogP contribution in [-0.4, -0.2) is 12.1 Å². The van der Waals surface area contributed by atoms with Crippen LogP contribution in [-0.2, 0) is 6.54 Å². The predicted molar refractivity (Wildman–Crippen MR) is 71.3 cm³/mol. The summed E-state index contributed by atoms with van der Waals surface area (Å²) in [7, 11) is 0. The second-order valence-electron chi connectivity index (χ2n) is 5.29. The molecule has 2 nitrogen and oxygen atoms in total. The molecule has 1 aromatic rings. The third-order valence-electron chi connectivity index (χ3n) is 3.31. The van der Waals surface area contributed by atoms with Crippen LogP contribution >= 0.6 is 0 Å². The van der Waals surface area contributed by atoms with Crippen molar-refractivity contribution in [3.05, 3.63) is 29.6 Å². The lowest BCUT2D eigenvalue weighted by Crippen LogP contribution is -2.25. The molecule has 1 saturated carbocycles. The molecule has 0 bridgehead atoms. The van der Waals surface area contributed by atoms with Crippen molar-refractivity contribution in [1.82, 2.24) is 5.32 Å². The Labute approximate surface area is 109 Å². The van der Waals surface area contributed by atoms with Gasteiger partial charge in [-0.2, -0.15) is 0 Å². The first kappa shape index (κ1) is 13.3. The van der Waals surface area contributed by atoms with Crippen molar-refractivity contribution in [3.63, 3.8) is 0 Å². The van der Waals surface area contributed by atoms with E-state index in [0.29, 0.717) is 11.8 Å². The summed E-state index contributed by atoms with van der Waals surface area (Å²) in [6.45, 7) is 4.54. The molecule has 3 heteroatoms. The molecule has 1 aliphatic carbocycles. The Balaban J connectivity index is 1.91. The minimum atomic E-state index is -0.269. The van der Waals surface area contributed by atoms with Crippen LogP contribution < -0.4 is 10.1 Å². The smallest absolute Gasteiger partial charge is 0.165 e. The third-order valence-corrected chi connectivity index (χ3v) is 3.31. The van der Waals surface area contributed by atoms with Crippen molar-refractivity contribution in [1.29, 1.82) is 0 Å². The fourth-order valence-corrected chi connectivity index (χ4v) is 2.40. The number of rotatable bonds is 5. The second-order valence-corrected chi connectivity index (χ2v) is 5.29. The Bertz CT molecular complexity index is 386. The third kappa shape index (κ3) is 3.70. The van der Waals surface area contributed by atoms with E-state index in [0.717, 1.165) is 12.1 Å². The van der Waals surface area contributed by atoms with Crippen molar-refractivity contribution in [2.45, 2.75) is 58.2 Å². The van der Waals surface area contributed by atoms with E-state index in [-0.39, 0.29) is 11.9 Å². The highest BCUT2D eigenvalue weighted by molar-refractivity contribution is 5.29. The molecule has 18 heavy (non-hydrogen) atoms. The molecule has 0 aromatic heterocycles. The molecule has 1 aliphatic rings. The predicted octanol–water partition coefficient (Wildman–Crippen LogP) is 3.65. The summed E-state index contributed by atoms with van der Waals surface area (Å²) in [5.41, 5.74) is 0.982. The second kappa shape index (κ2) is 6.19. The zero-order valence-corrected chi connectivity index (χ0v) is 11.2. The van der Waals surface area contributed by atoms with E-state index in [1.54, 1.807) is 12.1 Å². The van der Waals surface area contributed by atoms with E-state index in [4.69, 9.17) is 4.74 Å². The number of benzene rings is 1. The summed E-state index contributed by atoms with van der Waals surface area (Å²) in [4.78, 5) is 0. The molecule has 100 valence electrons. The maximum Gasteiger partial charge on any atom is 0.165 e. The quantitative estimate of drug-likeness (QED) is 0.862. The van der Waals surface area contributed by atoms with Gasteiger partial charge in [0.15, 0.2) is 11.6 Å². The molecule has 0 atom stereocenters. The first-order chi connectivity index (χ1) is 8.65. The Morgan fingerprint density at radius 2 is 2.06 bits per heavy atom. The number of hydrogen-bond acceptors (Lipinski definition) is 2. The van der Waals surface area contributed by atoms with E-state index >= 15 is 0 Å². The van der Waals surface area contributed by atoms with Crippen LogP contribution in [0.1, 0.15) is 45.1 Å². The van der Waals surface area contributed by atoms with Crippen molar-refractivity contribution >= 4 is 0 Å². The molecule has 0 heterocycles. The largest absolute Gasteiger partial charge is 0.488 e. The van der Waals surface area contributed by atoms with Crippen molar-refractivity contribution in [3.8, 4) is 5.75 Å². The standard InChI is InChI=1S/C15H22FNO/c1-11(2)18-15-8-7-12(9-14(15)16)10-17-13-5-3-4-6-13/h7-9,11,13,17H,3-6,10H2,1-2H3. The van der Waals surface area contributed by atoms with Gasteiger partial charge in [0.1, 0.15) is 0 Å². The molecule has 1 N–H and O–H groups in total. The first-order valence-electron chi connectivity index (χ1n) is 6.83. The first-order valence-corrected chi connectivity index (χ1v) is 6.83. The normalized spacial score (nSPS) is 16.4. The molecule has 2 rings (SSSR count). The van der Waals surface area contributed by atoms with Gasteiger partial charge in [-0.3, -0.25) is 0 Å². The highest BCUT2D eigenvalue weighted by Crippen LogP contribution is 2.21. The summed E-state index contributed by atoms with van der Waals surface area (Å²) >= 11 is 0. The fourth-order valence-electron chi connectivity index (χ4n) is 2.40. The Kier molecular flexibility index (Phi) is 4.59. The van der Waals surface area contributed by atoms with Gasteiger partial charge in [0, 0.05) is 12.6 Å². The summed E-state index contributed by atoms with van der Waals surface area (Å²) in [5.74, 6) is 0.0732. The van der Waals surface area contributed by atoms with Crippen LogP contribution in [0.4, 0.5) is 4.39 Å². The molecule has 0 radical (unpaired) electrons. The SMILES string of the molecule is CC(C)Oc1ccc(CNC2CCCC2)cc1F. The van der Waals surface area contributed by atoms with Gasteiger partial charge < -0.3 is 10.1 Å². The molecule has 0 spiro atoms. The Morgan fingerprint density at radius 3 is 2.67 bits per heavy atom. The van der Waals surface area contributed by atoms with E-state index in [9.17, 15) is 4.39 Å². The van der Waals surface area contributed by atoms with Gasteiger partial charge in [-0.25, -0.2) is 4.39 Å². The van der Waals surface area contributed by atoms with E-state index in [2.05, 4.69) is 5.32 Å². The molecule has 1 fully saturated rings. The monoisotopic (exact) mass is 251 g/mol. The van der Waals surface area contributed by atoms with E-state index in [1.165, 1.54) is 25.7 Å². The van der Waals surface area contributed by atoms with Crippen LogP contribution in [0.3, 0.4) is 0 Å². The minimum Gasteiger partial charge on any atom is -0.488 e. The van der Waals surface area contributed by atoms with Crippen molar-refractivity contribution < 1.29 is 9.13 Å². The topological polar surface area (TPSA) is 21.3 Å². The lowest BCUT2D eigenvalue weighted by molar-refractivity contribution is 0.231. The van der Waals surface area contributed by atoms with Gasteiger partial charge in [-0.1, -0.05) is 18.9 Å². The maximum atomic E-state index is 13.8. The lowest BCUT2D eigenvalue weighted by atomic mass is 10.2. The van der Waals surface area contributed by atoms with Crippen LogP contribution in [0.2, 0.25) is 0 Å². The van der Waals surface area contributed by atoms with Crippen LogP contribution in [0.15, 0.2) is 18.2 Å². The highest BCUT2D eigenvalue weighted by Gasteiger charge is 2.14. The molecule has 0 unspecified atom stereocenters. The van der Waals surface area contributed by atoms with Gasteiger partial charge in [-0.15, -0.1) is 0 Å². The van der Waals surface area contributed by atoms with Gasteiger partial charge in [0.05, 0.1) is 6.10 Å². The van der Waals surface area contributed by atoms with Crippen LogP contribution in [0.5, 0.6) is 5.75 Å². The van der Waals surface area contributed by atoms with Gasteiger partial charge in [0.2, 0.25) is 0 Å². The highest BCUT2D eigenvalue weighted by atomic mass is 19.1. The average Bonchev–Trinajstić information content (AvgIpc) is 2.82. The maximum absolute atomic E-state index is 13.8. The van der Waals surface area contributed by atoms with Crippen LogP contribution in [0.25, 0.3) is 0 Å². The summed E-state index contributed by atoms with van der Waals surface area (Å²) in [6, 6.07) is 5.84. The number of ether oxygens (including phenoxy) is 1. The van der Waals surface area contributed by atoms with Crippen molar-refractivity contribution in [2.24, 2.45) is 0 Å². The average molecular weight is 251 g/mol. The fraction of sp³-hybridized carbons (Fsp3) is 0.600. The zero-order chi connectivity index (χ0) is 13.0. The van der Waals surface area contributed by atoms with Gasteiger partial charge in [0.25, 0.3) is 0 Å². The Morgan fingerprint density at radius 1 is 1.33 bits per heavy atom. The van der Waals surface area contributed by atoms with Gasteiger partial charge >= 0.3 is 0 Å². The lowest BCUT2D eigenvalue weighted by Gasteiger charge is -2.14. The minimum absolute atomic E-state index is 0.00182.